The Morgan fingerprint density at radius 1 is 1.21 bits per heavy atom. The van der Waals surface area contributed by atoms with Crippen LogP contribution in [0.15, 0.2) is 48.8 Å². The predicted octanol–water partition coefficient (Wildman–Crippen LogP) is 7.07. The molecular weight excluding hydrogens is 520 g/mol. The monoisotopic (exact) mass is 549 g/mol. The molecule has 0 spiro atoms. The number of benzene rings is 2. The van der Waals surface area contributed by atoms with Crippen LogP contribution in [0.3, 0.4) is 0 Å². The van der Waals surface area contributed by atoms with Crippen molar-refractivity contribution in [1.29, 1.82) is 5.26 Å². The summed E-state index contributed by atoms with van der Waals surface area (Å²) >= 11 is 6.70. The minimum absolute atomic E-state index is 0.0269. The molecule has 0 radical (unpaired) electrons. The summed E-state index contributed by atoms with van der Waals surface area (Å²) < 4.78 is 28.9. The summed E-state index contributed by atoms with van der Waals surface area (Å²) in [5, 5.41) is 26.3. The van der Waals surface area contributed by atoms with Crippen molar-refractivity contribution in [3.05, 3.63) is 76.2 Å². The molecule has 0 unspecified atom stereocenters. The van der Waals surface area contributed by atoms with Crippen LogP contribution in [0.4, 0.5) is 20.2 Å². The Morgan fingerprint density at radius 2 is 1.95 bits per heavy atom. The number of nitrogens with one attached hydrogen (secondary N) is 2. The molecule has 2 aromatic carbocycles. The first-order valence-corrected chi connectivity index (χ1v) is 13.2. The van der Waals surface area contributed by atoms with E-state index in [-0.39, 0.29) is 5.41 Å². The van der Waals surface area contributed by atoms with Crippen LogP contribution in [0.5, 0.6) is 0 Å². The third kappa shape index (κ3) is 5.26. The number of fused-ring (bicyclic) bond motifs is 1. The van der Waals surface area contributed by atoms with Crippen LogP contribution in [0.25, 0.3) is 10.9 Å². The van der Waals surface area contributed by atoms with Crippen LogP contribution in [-0.4, -0.2) is 32.9 Å². The van der Waals surface area contributed by atoms with E-state index in [1.807, 2.05) is 37.3 Å². The second kappa shape index (κ2) is 10.1. The fraction of sp³-hybridized carbons (Fsp3) is 0.379. The molecule has 2 N–H and O–H groups in total. The van der Waals surface area contributed by atoms with Crippen molar-refractivity contribution in [2.24, 2.45) is 5.41 Å². The third-order valence-corrected chi connectivity index (χ3v) is 7.37. The van der Waals surface area contributed by atoms with Gasteiger partial charge in [0.25, 0.3) is 6.43 Å². The van der Waals surface area contributed by atoms with Crippen molar-refractivity contribution in [2.45, 2.75) is 58.5 Å². The molecule has 7 nitrogen and oxygen atoms in total. The minimum Gasteiger partial charge on any atom is -0.383 e. The number of nitriles is 1. The fourth-order valence-electron chi connectivity index (χ4n) is 4.66. The number of hydrogen-bond acceptors (Lipinski definition) is 6. The Bertz CT molecular complexity index is 1560. The first-order valence-electron chi connectivity index (χ1n) is 12.8. The molecule has 0 amide bonds. The summed E-state index contributed by atoms with van der Waals surface area (Å²) in [5.41, 5.74) is 3.47. The van der Waals surface area contributed by atoms with Gasteiger partial charge in [-0.25, -0.2) is 13.5 Å². The highest BCUT2D eigenvalue weighted by atomic mass is 35.5. The van der Waals surface area contributed by atoms with E-state index < -0.39 is 18.0 Å². The number of anilines is 2. The molecule has 1 saturated carbocycles. The van der Waals surface area contributed by atoms with Gasteiger partial charge in [0.15, 0.2) is 0 Å². The van der Waals surface area contributed by atoms with Gasteiger partial charge in [0, 0.05) is 23.8 Å². The van der Waals surface area contributed by atoms with Crippen LogP contribution >= 0.6 is 11.6 Å². The van der Waals surface area contributed by atoms with Crippen molar-refractivity contribution in [2.75, 3.05) is 17.2 Å². The Kier molecular flexibility index (Phi) is 6.93. The number of aryl methyl sites for hydroxylation is 1. The lowest BCUT2D eigenvalue weighted by Crippen LogP contribution is -2.26. The van der Waals surface area contributed by atoms with Gasteiger partial charge in [-0.05, 0) is 48.4 Å². The number of aromatic nitrogens is 4. The average Bonchev–Trinajstić information content (AvgIpc) is 3.56. The topological polar surface area (TPSA) is 91.5 Å². The van der Waals surface area contributed by atoms with E-state index in [2.05, 4.69) is 52.8 Å². The normalized spacial score (nSPS) is 15.3. The maximum atomic E-state index is 13.8. The molecule has 0 aliphatic heterocycles. The molecule has 0 bridgehead atoms. The molecule has 1 atom stereocenters. The van der Waals surface area contributed by atoms with Crippen LogP contribution in [0.2, 0.25) is 5.02 Å². The largest absolute Gasteiger partial charge is 0.383 e. The molecule has 39 heavy (non-hydrogen) atoms. The summed E-state index contributed by atoms with van der Waals surface area (Å²) in [6, 6.07) is 13.2. The molecular formula is C29H30ClF2N7. The van der Waals surface area contributed by atoms with Gasteiger partial charge in [0.1, 0.15) is 17.3 Å². The number of nitrogens with zero attached hydrogens (tertiary/aromatic N) is 5. The lowest BCUT2D eigenvalue weighted by molar-refractivity contribution is 0.0593. The SMILES string of the molecule is Cc1ccccc1[C@H](Nc1cc(Cl)c2ncc(C#N)c(NCC(C)(C)C)c2c1)c1cn(C2(C(F)F)CC2)nn1. The number of hydrogen-bond donors (Lipinski definition) is 2. The molecule has 1 aliphatic carbocycles. The van der Waals surface area contributed by atoms with Gasteiger partial charge in [-0.3, -0.25) is 4.98 Å². The van der Waals surface area contributed by atoms with Gasteiger partial charge in [-0.2, -0.15) is 5.26 Å². The van der Waals surface area contributed by atoms with Crippen molar-refractivity contribution in [3.8, 4) is 6.07 Å². The van der Waals surface area contributed by atoms with Crippen molar-refractivity contribution < 1.29 is 8.78 Å². The Labute approximate surface area is 231 Å². The summed E-state index contributed by atoms with van der Waals surface area (Å²) in [7, 11) is 0. The maximum Gasteiger partial charge on any atom is 0.263 e. The number of pyridine rings is 1. The van der Waals surface area contributed by atoms with E-state index in [9.17, 15) is 14.0 Å². The lowest BCUT2D eigenvalue weighted by atomic mass is 9.96. The highest BCUT2D eigenvalue weighted by molar-refractivity contribution is 6.35. The van der Waals surface area contributed by atoms with Gasteiger partial charge in [0.2, 0.25) is 0 Å². The number of rotatable bonds is 8. The summed E-state index contributed by atoms with van der Waals surface area (Å²) in [6.07, 6.45) is 1.36. The van der Waals surface area contributed by atoms with E-state index in [0.29, 0.717) is 57.9 Å². The van der Waals surface area contributed by atoms with E-state index in [0.717, 1.165) is 11.1 Å². The third-order valence-electron chi connectivity index (χ3n) is 7.08. The quantitative estimate of drug-likeness (QED) is 0.244. The van der Waals surface area contributed by atoms with E-state index in [1.165, 1.54) is 10.9 Å². The first kappa shape index (κ1) is 26.8. The Hall–Kier alpha value is -3.77. The van der Waals surface area contributed by atoms with Crippen LogP contribution in [0.1, 0.15) is 62.0 Å². The minimum atomic E-state index is -2.52. The number of halogens is 3. The van der Waals surface area contributed by atoms with E-state index in [4.69, 9.17) is 11.6 Å². The van der Waals surface area contributed by atoms with Gasteiger partial charge >= 0.3 is 0 Å². The first-order chi connectivity index (χ1) is 18.5. The predicted molar refractivity (Wildman–Crippen MR) is 149 cm³/mol. The van der Waals surface area contributed by atoms with E-state index >= 15 is 0 Å². The summed E-state index contributed by atoms with van der Waals surface area (Å²) in [6.45, 7) is 8.94. The van der Waals surface area contributed by atoms with Crippen LogP contribution in [-0.2, 0) is 5.54 Å². The zero-order chi connectivity index (χ0) is 27.9. The molecule has 10 heteroatoms. The highest BCUT2D eigenvalue weighted by Crippen LogP contribution is 2.48. The highest BCUT2D eigenvalue weighted by Gasteiger charge is 2.54. The Balaban J connectivity index is 1.59. The summed E-state index contributed by atoms with van der Waals surface area (Å²) in [4.78, 5) is 4.44. The molecule has 5 rings (SSSR count). The van der Waals surface area contributed by atoms with Crippen molar-refractivity contribution in [3.63, 3.8) is 0 Å². The smallest absolute Gasteiger partial charge is 0.263 e. The van der Waals surface area contributed by atoms with Crippen molar-refractivity contribution >= 4 is 33.9 Å². The molecule has 1 aliphatic rings. The second-order valence-corrected chi connectivity index (χ2v) is 11.8. The van der Waals surface area contributed by atoms with Gasteiger partial charge in [0.05, 0.1) is 34.0 Å². The second-order valence-electron chi connectivity index (χ2n) is 11.4. The molecule has 0 saturated heterocycles. The zero-order valence-electron chi connectivity index (χ0n) is 22.3. The van der Waals surface area contributed by atoms with Gasteiger partial charge in [-0.15, -0.1) is 5.10 Å². The van der Waals surface area contributed by atoms with Gasteiger partial charge < -0.3 is 10.6 Å². The average molecular weight is 550 g/mol. The molecule has 202 valence electrons. The molecule has 4 aromatic rings. The molecule has 2 aromatic heterocycles. The van der Waals surface area contributed by atoms with Gasteiger partial charge in [-0.1, -0.05) is 61.9 Å². The summed E-state index contributed by atoms with van der Waals surface area (Å²) in [5.74, 6) is 0. The molecule has 2 heterocycles. The maximum absolute atomic E-state index is 13.8. The van der Waals surface area contributed by atoms with Crippen LogP contribution < -0.4 is 10.6 Å². The number of alkyl halides is 2. The fourth-order valence-corrected chi connectivity index (χ4v) is 4.93. The molecule has 1 fully saturated rings. The standard InChI is InChI=1S/C29H30ClF2N7/c1-17-7-5-6-8-20(17)26(23-15-39(38-37-23)29(9-10-29)27(31)32)36-19-11-21-24(35-16-28(2,3)4)18(13-33)14-34-25(21)22(30)12-19/h5-8,11-12,14-15,26-27,36H,9-10,16H2,1-4H3,(H,34,35)/t26-/m0/s1. The Morgan fingerprint density at radius 3 is 2.59 bits per heavy atom. The van der Waals surface area contributed by atoms with Crippen molar-refractivity contribution in [1.82, 2.24) is 20.0 Å². The zero-order valence-corrected chi connectivity index (χ0v) is 23.0. The van der Waals surface area contributed by atoms with E-state index in [1.54, 1.807) is 12.3 Å². The van der Waals surface area contributed by atoms with Crippen LogP contribution in [0, 0.1) is 23.7 Å². The lowest BCUT2D eigenvalue weighted by Gasteiger charge is -2.23.